The molecular formula is C16H26IN3OS. The summed E-state index contributed by atoms with van der Waals surface area (Å²) in [4.78, 5) is 4.66. The lowest BCUT2D eigenvalue weighted by atomic mass is 10.0. The highest BCUT2D eigenvalue weighted by Crippen LogP contribution is 2.31. The SMILES string of the molecule is CCNC(=NCCCSC)NC1CCOc2ccccc21.I. The Labute approximate surface area is 154 Å². The summed E-state index contributed by atoms with van der Waals surface area (Å²) in [6, 6.07) is 8.51. The van der Waals surface area contributed by atoms with Crippen molar-refractivity contribution in [3.63, 3.8) is 0 Å². The molecule has 1 unspecified atom stereocenters. The first kappa shape index (κ1) is 19.4. The Morgan fingerprint density at radius 2 is 2.23 bits per heavy atom. The summed E-state index contributed by atoms with van der Waals surface area (Å²) in [5.41, 5.74) is 1.22. The first-order chi connectivity index (χ1) is 10.3. The van der Waals surface area contributed by atoms with Gasteiger partial charge in [0.1, 0.15) is 5.75 Å². The maximum Gasteiger partial charge on any atom is 0.191 e. The molecule has 2 rings (SSSR count). The molecule has 0 fully saturated rings. The van der Waals surface area contributed by atoms with Crippen LogP contribution in [0.2, 0.25) is 0 Å². The first-order valence-electron chi connectivity index (χ1n) is 7.60. The second kappa shape index (κ2) is 11.0. The largest absolute Gasteiger partial charge is 0.493 e. The van der Waals surface area contributed by atoms with Gasteiger partial charge in [-0.05, 0) is 31.4 Å². The molecule has 0 spiro atoms. The predicted octanol–water partition coefficient (Wildman–Crippen LogP) is 3.44. The van der Waals surface area contributed by atoms with Crippen molar-refractivity contribution in [2.24, 2.45) is 4.99 Å². The molecule has 22 heavy (non-hydrogen) atoms. The van der Waals surface area contributed by atoms with E-state index in [0.717, 1.165) is 50.0 Å². The summed E-state index contributed by atoms with van der Waals surface area (Å²) in [6.07, 6.45) is 4.21. The Morgan fingerprint density at radius 3 is 3.00 bits per heavy atom. The van der Waals surface area contributed by atoms with Gasteiger partial charge >= 0.3 is 0 Å². The number of aliphatic imine (C=N–C) groups is 1. The number of rotatable bonds is 6. The van der Waals surface area contributed by atoms with Gasteiger partial charge < -0.3 is 15.4 Å². The van der Waals surface area contributed by atoms with E-state index in [1.54, 1.807) is 0 Å². The maximum absolute atomic E-state index is 5.71. The number of hydrogen-bond acceptors (Lipinski definition) is 3. The molecule has 4 nitrogen and oxygen atoms in total. The van der Waals surface area contributed by atoms with Gasteiger partial charge in [-0.25, -0.2) is 0 Å². The molecule has 0 bridgehead atoms. The summed E-state index contributed by atoms with van der Waals surface area (Å²) < 4.78 is 5.71. The van der Waals surface area contributed by atoms with Gasteiger partial charge in [0.2, 0.25) is 0 Å². The number of nitrogens with zero attached hydrogens (tertiary/aromatic N) is 1. The van der Waals surface area contributed by atoms with Crippen LogP contribution in [-0.2, 0) is 0 Å². The van der Waals surface area contributed by atoms with Gasteiger partial charge in [0, 0.05) is 25.1 Å². The van der Waals surface area contributed by atoms with Gasteiger partial charge in [-0.3, -0.25) is 4.99 Å². The van der Waals surface area contributed by atoms with Crippen LogP contribution in [0, 0.1) is 0 Å². The number of nitrogens with one attached hydrogen (secondary N) is 2. The van der Waals surface area contributed by atoms with Crippen LogP contribution in [0.25, 0.3) is 0 Å². The summed E-state index contributed by atoms with van der Waals surface area (Å²) >= 11 is 1.87. The maximum atomic E-state index is 5.71. The van der Waals surface area contributed by atoms with Gasteiger partial charge in [0.05, 0.1) is 12.6 Å². The fourth-order valence-corrected chi connectivity index (χ4v) is 2.79. The second-order valence-electron chi connectivity index (χ2n) is 4.98. The van der Waals surface area contributed by atoms with Gasteiger partial charge in [0.15, 0.2) is 5.96 Å². The van der Waals surface area contributed by atoms with Gasteiger partial charge in [0.25, 0.3) is 0 Å². The van der Waals surface area contributed by atoms with E-state index < -0.39 is 0 Å². The first-order valence-corrected chi connectivity index (χ1v) is 9.00. The molecular weight excluding hydrogens is 409 g/mol. The molecule has 0 amide bonds. The van der Waals surface area contributed by atoms with Crippen LogP contribution in [0.1, 0.15) is 31.4 Å². The summed E-state index contributed by atoms with van der Waals surface area (Å²) in [7, 11) is 0. The van der Waals surface area contributed by atoms with Crippen LogP contribution in [0.3, 0.4) is 0 Å². The number of halogens is 1. The fraction of sp³-hybridized carbons (Fsp3) is 0.562. The van der Waals surface area contributed by atoms with E-state index in [4.69, 9.17) is 4.74 Å². The zero-order valence-electron chi connectivity index (χ0n) is 13.3. The number of fused-ring (bicyclic) bond motifs is 1. The molecule has 1 aromatic carbocycles. The third kappa shape index (κ3) is 5.87. The molecule has 1 atom stereocenters. The summed E-state index contributed by atoms with van der Waals surface area (Å²) in [6.45, 7) is 4.58. The summed E-state index contributed by atoms with van der Waals surface area (Å²) in [5.74, 6) is 3.04. The van der Waals surface area contributed by atoms with Crippen molar-refractivity contribution >= 4 is 41.7 Å². The van der Waals surface area contributed by atoms with E-state index in [0.29, 0.717) is 0 Å². The average Bonchev–Trinajstić information content (AvgIpc) is 2.52. The standard InChI is InChI=1S/C16H25N3OS.HI/c1-3-17-16(18-10-6-12-21-2)19-14-9-11-20-15-8-5-4-7-13(14)15;/h4-5,7-8,14H,3,6,9-12H2,1-2H3,(H2,17,18,19);1H. The minimum absolute atomic E-state index is 0. The van der Waals surface area contributed by atoms with E-state index in [-0.39, 0.29) is 30.0 Å². The van der Waals surface area contributed by atoms with Crippen LogP contribution in [-0.4, -0.2) is 37.7 Å². The van der Waals surface area contributed by atoms with Gasteiger partial charge in [-0.15, -0.1) is 24.0 Å². The lowest BCUT2D eigenvalue weighted by Gasteiger charge is -2.28. The Balaban J connectivity index is 0.00000242. The lowest BCUT2D eigenvalue weighted by molar-refractivity contribution is 0.261. The highest BCUT2D eigenvalue weighted by Gasteiger charge is 2.21. The van der Waals surface area contributed by atoms with Crippen LogP contribution in [0.4, 0.5) is 0 Å². The van der Waals surface area contributed by atoms with Crippen molar-refractivity contribution in [3.05, 3.63) is 29.8 Å². The van der Waals surface area contributed by atoms with Gasteiger partial charge in [-0.1, -0.05) is 18.2 Å². The van der Waals surface area contributed by atoms with E-state index in [1.807, 2.05) is 23.9 Å². The average molecular weight is 435 g/mol. The van der Waals surface area contributed by atoms with Crippen molar-refractivity contribution in [1.29, 1.82) is 0 Å². The number of ether oxygens (including phenoxy) is 1. The quantitative estimate of drug-likeness (QED) is 0.311. The van der Waals surface area contributed by atoms with Crippen molar-refractivity contribution in [2.45, 2.75) is 25.8 Å². The molecule has 124 valence electrons. The molecule has 1 heterocycles. The monoisotopic (exact) mass is 435 g/mol. The number of para-hydroxylation sites is 1. The van der Waals surface area contributed by atoms with Crippen LogP contribution in [0.5, 0.6) is 5.75 Å². The van der Waals surface area contributed by atoms with Crippen molar-refractivity contribution in [1.82, 2.24) is 10.6 Å². The fourth-order valence-electron chi connectivity index (χ4n) is 2.38. The normalized spacial score (nSPS) is 17.0. The zero-order valence-corrected chi connectivity index (χ0v) is 16.4. The topological polar surface area (TPSA) is 45.7 Å². The Hall–Kier alpha value is -0.630. The number of benzene rings is 1. The molecule has 1 aromatic rings. The smallest absolute Gasteiger partial charge is 0.191 e. The summed E-state index contributed by atoms with van der Waals surface area (Å²) in [5, 5.41) is 6.87. The van der Waals surface area contributed by atoms with Crippen LogP contribution < -0.4 is 15.4 Å². The van der Waals surface area contributed by atoms with E-state index >= 15 is 0 Å². The van der Waals surface area contributed by atoms with Crippen molar-refractivity contribution < 1.29 is 4.74 Å². The van der Waals surface area contributed by atoms with Crippen LogP contribution >= 0.6 is 35.7 Å². The van der Waals surface area contributed by atoms with E-state index in [2.05, 4.69) is 40.9 Å². The number of hydrogen-bond donors (Lipinski definition) is 2. The number of thioether (sulfide) groups is 1. The molecule has 6 heteroatoms. The molecule has 0 radical (unpaired) electrons. The third-order valence-corrected chi connectivity index (χ3v) is 4.09. The minimum Gasteiger partial charge on any atom is -0.493 e. The molecule has 0 aromatic heterocycles. The Bertz CT molecular complexity index is 470. The predicted molar refractivity (Wildman–Crippen MR) is 107 cm³/mol. The highest BCUT2D eigenvalue weighted by molar-refractivity contribution is 14.0. The molecule has 2 N–H and O–H groups in total. The molecule has 0 saturated carbocycles. The molecule has 1 aliphatic rings. The van der Waals surface area contributed by atoms with Gasteiger partial charge in [-0.2, -0.15) is 11.8 Å². The minimum atomic E-state index is 0. The van der Waals surface area contributed by atoms with E-state index in [1.165, 1.54) is 5.56 Å². The lowest BCUT2D eigenvalue weighted by Crippen LogP contribution is -2.41. The Kier molecular flexibility index (Phi) is 9.70. The number of guanidine groups is 1. The van der Waals surface area contributed by atoms with Crippen LogP contribution in [0.15, 0.2) is 29.3 Å². The van der Waals surface area contributed by atoms with E-state index in [9.17, 15) is 0 Å². The van der Waals surface area contributed by atoms with Crippen molar-refractivity contribution in [3.8, 4) is 5.75 Å². The highest BCUT2D eigenvalue weighted by atomic mass is 127. The third-order valence-electron chi connectivity index (χ3n) is 3.39. The van der Waals surface area contributed by atoms with Crippen molar-refractivity contribution in [2.75, 3.05) is 31.7 Å². The zero-order chi connectivity index (χ0) is 14.9. The second-order valence-corrected chi connectivity index (χ2v) is 5.96. The molecule has 0 aliphatic carbocycles. The molecule has 0 saturated heterocycles. The molecule has 1 aliphatic heterocycles. The Morgan fingerprint density at radius 1 is 1.41 bits per heavy atom.